The number of nitro groups is 1. The summed E-state index contributed by atoms with van der Waals surface area (Å²) in [5.41, 5.74) is 4.86. The third-order valence-corrected chi connectivity index (χ3v) is 2.14. The van der Waals surface area contributed by atoms with Crippen LogP contribution < -0.4 is 15.8 Å². The van der Waals surface area contributed by atoms with Gasteiger partial charge in [-0.25, -0.2) is 0 Å². The Kier molecular flexibility index (Phi) is 4.41. The van der Waals surface area contributed by atoms with Crippen LogP contribution in [0.3, 0.4) is 0 Å². The Labute approximate surface area is 103 Å². The van der Waals surface area contributed by atoms with E-state index in [1.165, 1.54) is 19.2 Å². The maximum Gasteiger partial charge on any atom is 0.311 e. The van der Waals surface area contributed by atoms with E-state index in [0.717, 1.165) is 0 Å². The zero-order chi connectivity index (χ0) is 13.7. The predicted molar refractivity (Wildman–Crippen MR) is 64.3 cm³/mol. The van der Waals surface area contributed by atoms with Gasteiger partial charge in [0.1, 0.15) is 0 Å². The van der Waals surface area contributed by atoms with Gasteiger partial charge in [0.05, 0.1) is 12.0 Å². The number of primary amides is 1. The van der Waals surface area contributed by atoms with Crippen molar-refractivity contribution in [3.63, 3.8) is 0 Å². The molecule has 1 amide bonds. The molecule has 1 aromatic rings. The highest BCUT2D eigenvalue weighted by atomic mass is 16.6. The number of methoxy groups -OCH3 is 1. The maximum atomic E-state index is 10.8. The number of nitrogens with two attached hydrogens (primary N) is 1. The molecule has 0 saturated heterocycles. The number of anilines is 1. The first-order valence-corrected chi connectivity index (χ1v) is 5.18. The van der Waals surface area contributed by atoms with Gasteiger partial charge in [0.2, 0.25) is 17.6 Å². The lowest BCUT2D eigenvalue weighted by molar-refractivity contribution is -0.384. The summed E-state index contributed by atoms with van der Waals surface area (Å²) in [6.45, 7) is 1.68. The highest BCUT2D eigenvalue weighted by molar-refractivity contribution is 5.75. The van der Waals surface area contributed by atoms with E-state index in [0.29, 0.717) is 0 Å². The molecule has 1 aromatic heterocycles. The third-order valence-electron chi connectivity index (χ3n) is 2.14. The molecule has 1 unspecified atom stereocenters. The third kappa shape index (κ3) is 3.58. The Morgan fingerprint density at radius 2 is 2.33 bits per heavy atom. The van der Waals surface area contributed by atoms with E-state index in [9.17, 15) is 14.9 Å². The van der Waals surface area contributed by atoms with Crippen LogP contribution in [0.4, 0.5) is 11.5 Å². The van der Waals surface area contributed by atoms with Gasteiger partial charge in [0.15, 0.2) is 0 Å². The molecule has 1 atom stereocenters. The average molecular weight is 254 g/mol. The number of amides is 1. The molecule has 18 heavy (non-hydrogen) atoms. The summed E-state index contributed by atoms with van der Waals surface area (Å²) in [5.74, 6) is -0.206. The number of aromatic nitrogens is 1. The van der Waals surface area contributed by atoms with E-state index in [1.54, 1.807) is 6.92 Å². The lowest BCUT2D eigenvalue weighted by atomic mass is 10.2. The van der Waals surface area contributed by atoms with Crippen molar-refractivity contribution in [1.82, 2.24) is 4.98 Å². The Morgan fingerprint density at radius 3 is 2.83 bits per heavy atom. The zero-order valence-corrected chi connectivity index (χ0v) is 10.0. The lowest BCUT2D eigenvalue weighted by Crippen LogP contribution is -2.24. The van der Waals surface area contributed by atoms with Gasteiger partial charge in [0.25, 0.3) is 0 Å². The number of carbonyl (C=O) groups is 1. The Morgan fingerprint density at radius 1 is 1.67 bits per heavy atom. The van der Waals surface area contributed by atoms with Crippen LogP contribution in [0.1, 0.15) is 13.3 Å². The van der Waals surface area contributed by atoms with Gasteiger partial charge in [-0.15, -0.1) is 0 Å². The second-order valence-electron chi connectivity index (χ2n) is 3.69. The molecule has 0 radical (unpaired) electrons. The topological polar surface area (TPSA) is 120 Å². The molecule has 0 aromatic carbocycles. The summed E-state index contributed by atoms with van der Waals surface area (Å²) in [5, 5.41) is 13.6. The summed E-state index contributed by atoms with van der Waals surface area (Å²) in [6.07, 6.45) is 0.0516. The molecular formula is C10H14N4O4. The molecule has 0 aliphatic rings. The van der Waals surface area contributed by atoms with Crippen molar-refractivity contribution >= 4 is 17.4 Å². The van der Waals surface area contributed by atoms with Crippen molar-refractivity contribution < 1.29 is 14.5 Å². The van der Waals surface area contributed by atoms with Crippen molar-refractivity contribution in [1.29, 1.82) is 0 Å². The molecular weight excluding hydrogens is 240 g/mol. The maximum absolute atomic E-state index is 10.8. The molecule has 1 rings (SSSR count). The largest absolute Gasteiger partial charge is 0.481 e. The van der Waals surface area contributed by atoms with Crippen LogP contribution in [0, 0.1) is 10.1 Å². The minimum absolute atomic E-state index is 0.0492. The Balaban J connectivity index is 2.96. The second kappa shape index (κ2) is 5.80. The quantitative estimate of drug-likeness (QED) is 0.568. The van der Waals surface area contributed by atoms with Crippen molar-refractivity contribution in [2.75, 3.05) is 12.4 Å². The van der Waals surface area contributed by atoms with Crippen LogP contribution in [0.25, 0.3) is 0 Å². The van der Waals surface area contributed by atoms with Crippen LogP contribution in [0.5, 0.6) is 5.88 Å². The Hall–Kier alpha value is -2.38. The smallest absolute Gasteiger partial charge is 0.311 e. The van der Waals surface area contributed by atoms with Gasteiger partial charge in [-0.1, -0.05) is 0 Å². The lowest BCUT2D eigenvalue weighted by Gasteiger charge is -2.13. The number of carbonyl (C=O) groups excluding carboxylic acids is 1. The van der Waals surface area contributed by atoms with E-state index in [2.05, 4.69) is 10.3 Å². The van der Waals surface area contributed by atoms with Crippen LogP contribution in [-0.2, 0) is 4.79 Å². The second-order valence-corrected chi connectivity index (χ2v) is 3.69. The van der Waals surface area contributed by atoms with E-state index >= 15 is 0 Å². The first-order valence-electron chi connectivity index (χ1n) is 5.18. The van der Waals surface area contributed by atoms with E-state index in [4.69, 9.17) is 10.5 Å². The van der Waals surface area contributed by atoms with Crippen molar-refractivity contribution in [3.8, 4) is 5.88 Å². The molecule has 1 heterocycles. The Bertz CT molecular complexity index is 463. The fourth-order valence-electron chi connectivity index (χ4n) is 1.39. The molecule has 0 saturated carbocycles. The standard InChI is InChI=1S/C10H14N4O4/c1-6(5-8(11)15)12-10-7(14(16)17)3-4-9(13-10)18-2/h3-4,6H,5H2,1-2H3,(H2,11,15)(H,12,13). The highest BCUT2D eigenvalue weighted by Crippen LogP contribution is 2.25. The normalized spacial score (nSPS) is 11.7. The molecule has 8 heteroatoms. The minimum Gasteiger partial charge on any atom is -0.481 e. The first-order chi connectivity index (χ1) is 8.43. The number of pyridine rings is 1. The number of ether oxygens (including phenoxy) is 1. The fraction of sp³-hybridized carbons (Fsp3) is 0.400. The number of hydrogen-bond donors (Lipinski definition) is 2. The fourth-order valence-corrected chi connectivity index (χ4v) is 1.39. The zero-order valence-electron chi connectivity index (χ0n) is 10.0. The number of hydrogen-bond acceptors (Lipinski definition) is 6. The number of nitrogens with one attached hydrogen (secondary N) is 1. The molecule has 0 aliphatic heterocycles. The van der Waals surface area contributed by atoms with Crippen LogP contribution in [0.2, 0.25) is 0 Å². The molecule has 0 bridgehead atoms. The predicted octanol–water partition coefficient (Wildman–Crippen LogP) is 0.674. The van der Waals surface area contributed by atoms with Gasteiger partial charge in [-0.3, -0.25) is 14.9 Å². The SMILES string of the molecule is COc1ccc([N+](=O)[O-])c(NC(C)CC(N)=O)n1. The summed E-state index contributed by atoms with van der Waals surface area (Å²) in [6, 6.07) is 2.31. The van der Waals surface area contributed by atoms with E-state index in [-0.39, 0.29) is 29.8 Å². The monoisotopic (exact) mass is 254 g/mol. The molecule has 0 aliphatic carbocycles. The number of rotatable bonds is 6. The molecule has 0 spiro atoms. The van der Waals surface area contributed by atoms with E-state index < -0.39 is 10.8 Å². The van der Waals surface area contributed by atoms with Crippen molar-refractivity contribution in [2.24, 2.45) is 5.73 Å². The molecule has 98 valence electrons. The highest BCUT2D eigenvalue weighted by Gasteiger charge is 2.18. The summed E-state index contributed by atoms with van der Waals surface area (Å²) < 4.78 is 4.89. The van der Waals surface area contributed by atoms with Crippen LogP contribution in [-0.4, -0.2) is 29.0 Å². The van der Waals surface area contributed by atoms with Gasteiger partial charge >= 0.3 is 5.69 Å². The summed E-state index contributed by atoms with van der Waals surface area (Å²) >= 11 is 0. The average Bonchev–Trinajstić information content (AvgIpc) is 2.27. The molecule has 0 fully saturated rings. The molecule has 8 nitrogen and oxygen atoms in total. The summed E-state index contributed by atoms with van der Waals surface area (Å²) in [7, 11) is 1.41. The van der Waals surface area contributed by atoms with Crippen LogP contribution in [0.15, 0.2) is 12.1 Å². The van der Waals surface area contributed by atoms with Gasteiger partial charge in [-0.05, 0) is 6.92 Å². The van der Waals surface area contributed by atoms with Crippen molar-refractivity contribution in [3.05, 3.63) is 22.2 Å². The van der Waals surface area contributed by atoms with Gasteiger partial charge in [0, 0.05) is 24.6 Å². The van der Waals surface area contributed by atoms with Crippen molar-refractivity contribution in [2.45, 2.75) is 19.4 Å². The first kappa shape index (κ1) is 13.7. The molecule has 3 N–H and O–H groups in total. The van der Waals surface area contributed by atoms with Gasteiger partial charge < -0.3 is 15.8 Å². The van der Waals surface area contributed by atoms with Crippen LogP contribution >= 0.6 is 0 Å². The van der Waals surface area contributed by atoms with E-state index in [1.807, 2.05) is 0 Å². The minimum atomic E-state index is -0.564. The summed E-state index contributed by atoms with van der Waals surface area (Å²) in [4.78, 5) is 24.9. The number of nitrogens with zero attached hydrogens (tertiary/aromatic N) is 2. The van der Waals surface area contributed by atoms with Gasteiger partial charge in [-0.2, -0.15) is 4.98 Å².